The Morgan fingerprint density at radius 2 is 2.50 bits per heavy atom. The summed E-state index contributed by atoms with van der Waals surface area (Å²) in [6.07, 6.45) is 4.98. The van der Waals surface area contributed by atoms with Crippen molar-refractivity contribution in [3.05, 3.63) is 16.6 Å². The van der Waals surface area contributed by atoms with Gasteiger partial charge in [0.1, 0.15) is 0 Å². The van der Waals surface area contributed by atoms with Gasteiger partial charge in [0.15, 0.2) is 0 Å². The minimum absolute atomic E-state index is 0.285. The van der Waals surface area contributed by atoms with E-state index in [4.69, 9.17) is 5.11 Å². The highest BCUT2D eigenvalue weighted by atomic mass is 32.1. The van der Waals surface area contributed by atoms with Crippen LogP contribution in [0.25, 0.3) is 0 Å². The standard InChI is InChI=1S/C9H15NOS/c1-2-3-8(7-11)6-9-10-4-5-12-9/h4-5,8,11H,2-3,6-7H2,1H3. The number of thiazole rings is 1. The van der Waals surface area contributed by atoms with E-state index < -0.39 is 0 Å². The maximum atomic E-state index is 9.03. The summed E-state index contributed by atoms with van der Waals surface area (Å²) in [4.78, 5) is 4.19. The fraction of sp³-hybridized carbons (Fsp3) is 0.667. The van der Waals surface area contributed by atoms with Crippen molar-refractivity contribution >= 4 is 11.3 Å². The lowest BCUT2D eigenvalue weighted by Crippen LogP contribution is -2.08. The second-order valence-corrected chi connectivity index (χ2v) is 3.95. The third-order valence-electron chi connectivity index (χ3n) is 1.90. The van der Waals surface area contributed by atoms with Gasteiger partial charge in [-0.2, -0.15) is 0 Å². The molecule has 2 nitrogen and oxygen atoms in total. The van der Waals surface area contributed by atoms with E-state index in [0.29, 0.717) is 5.92 Å². The minimum atomic E-state index is 0.285. The fourth-order valence-corrected chi connectivity index (χ4v) is 2.00. The largest absolute Gasteiger partial charge is 0.396 e. The van der Waals surface area contributed by atoms with Crippen molar-refractivity contribution in [3.63, 3.8) is 0 Å². The van der Waals surface area contributed by atoms with Gasteiger partial charge in [-0.15, -0.1) is 11.3 Å². The van der Waals surface area contributed by atoms with Crippen LogP contribution >= 0.6 is 11.3 Å². The van der Waals surface area contributed by atoms with Gasteiger partial charge in [0, 0.05) is 24.6 Å². The van der Waals surface area contributed by atoms with Crippen LogP contribution in [0.2, 0.25) is 0 Å². The molecule has 1 heterocycles. The number of aromatic nitrogens is 1. The van der Waals surface area contributed by atoms with Gasteiger partial charge >= 0.3 is 0 Å². The van der Waals surface area contributed by atoms with Crippen LogP contribution in [0.15, 0.2) is 11.6 Å². The number of hydrogen-bond acceptors (Lipinski definition) is 3. The SMILES string of the molecule is CCCC(CO)Cc1nccs1. The first kappa shape index (κ1) is 9.68. The highest BCUT2D eigenvalue weighted by Crippen LogP contribution is 2.15. The number of hydrogen-bond donors (Lipinski definition) is 1. The third kappa shape index (κ3) is 2.91. The van der Waals surface area contributed by atoms with Crippen LogP contribution in [0.4, 0.5) is 0 Å². The summed E-state index contributed by atoms with van der Waals surface area (Å²) < 4.78 is 0. The zero-order chi connectivity index (χ0) is 8.81. The molecule has 0 fully saturated rings. The van der Waals surface area contributed by atoms with Gasteiger partial charge in [-0.1, -0.05) is 13.3 Å². The van der Waals surface area contributed by atoms with Gasteiger partial charge in [0.25, 0.3) is 0 Å². The van der Waals surface area contributed by atoms with Gasteiger partial charge in [-0.25, -0.2) is 4.98 Å². The highest BCUT2D eigenvalue weighted by Gasteiger charge is 2.08. The molecule has 0 saturated carbocycles. The van der Waals surface area contributed by atoms with Gasteiger partial charge < -0.3 is 5.11 Å². The molecule has 0 saturated heterocycles. The molecule has 68 valence electrons. The van der Waals surface area contributed by atoms with Crippen LogP contribution < -0.4 is 0 Å². The molecule has 1 N–H and O–H groups in total. The first-order valence-corrected chi connectivity index (χ1v) is 5.24. The summed E-state index contributed by atoms with van der Waals surface area (Å²) in [7, 11) is 0. The molecule has 0 aliphatic carbocycles. The number of aliphatic hydroxyl groups excluding tert-OH is 1. The first-order valence-electron chi connectivity index (χ1n) is 4.36. The average molecular weight is 185 g/mol. The predicted molar refractivity (Wildman–Crippen MR) is 51.3 cm³/mol. The summed E-state index contributed by atoms with van der Waals surface area (Å²) in [5.74, 6) is 0.404. The Balaban J connectivity index is 2.37. The van der Waals surface area contributed by atoms with E-state index in [9.17, 15) is 0 Å². The molecule has 0 aliphatic rings. The van der Waals surface area contributed by atoms with Crippen LogP contribution in [0, 0.1) is 5.92 Å². The van der Waals surface area contributed by atoms with Crippen LogP contribution in [0.5, 0.6) is 0 Å². The van der Waals surface area contributed by atoms with Crippen LogP contribution in [0.3, 0.4) is 0 Å². The van der Waals surface area contributed by atoms with E-state index in [2.05, 4.69) is 11.9 Å². The summed E-state index contributed by atoms with van der Waals surface area (Å²) >= 11 is 1.67. The maximum absolute atomic E-state index is 9.03. The molecule has 1 unspecified atom stereocenters. The molecule has 0 radical (unpaired) electrons. The Morgan fingerprint density at radius 3 is 3.00 bits per heavy atom. The molecule has 3 heteroatoms. The minimum Gasteiger partial charge on any atom is -0.396 e. The Labute approximate surface area is 77.3 Å². The van der Waals surface area contributed by atoms with E-state index in [1.165, 1.54) is 0 Å². The Hall–Kier alpha value is -0.410. The average Bonchev–Trinajstić information content (AvgIpc) is 2.56. The highest BCUT2D eigenvalue weighted by molar-refractivity contribution is 7.09. The molecule has 0 bridgehead atoms. The van der Waals surface area contributed by atoms with Crippen molar-refractivity contribution in [1.29, 1.82) is 0 Å². The molecular weight excluding hydrogens is 170 g/mol. The van der Waals surface area contributed by atoms with E-state index in [1.54, 1.807) is 11.3 Å². The maximum Gasteiger partial charge on any atom is 0.0928 e. The Bertz CT molecular complexity index is 198. The molecular formula is C9H15NOS. The van der Waals surface area contributed by atoms with E-state index in [1.807, 2.05) is 11.6 Å². The third-order valence-corrected chi connectivity index (χ3v) is 2.70. The topological polar surface area (TPSA) is 33.1 Å². The van der Waals surface area contributed by atoms with Crippen LogP contribution in [-0.2, 0) is 6.42 Å². The molecule has 0 spiro atoms. The van der Waals surface area contributed by atoms with Gasteiger partial charge in [0.2, 0.25) is 0 Å². The van der Waals surface area contributed by atoms with E-state index in [0.717, 1.165) is 24.3 Å². The number of nitrogens with zero attached hydrogens (tertiary/aromatic N) is 1. The molecule has 0 aromatic carbocycles. The molecule has 1 atom stereocenters. The summed E-state index contributed by atoms with van der Waals surface area (Å²) in [5, 5.41) is 12.2. The molecule has 1 rings (SSSR count). The van der Waals surface area contributed by atoms with Crippen LogP contribution in [0.1, 0.15) is 24.8 Å². The molecule has 0 aliphatic heterocycles. The Morgan fingerprint density at radius 1 is 1.67 bits per heavy atom. The summed E-state index contributed by atoms with van der Waals surface area (Å²) in [6, 6.07) is 0. The molecule has 0 amide bonds. The lowest BCUT2D eigenvalue weighted by molar-refractivity contribution is 0.217. The van der Waals surface area contributed by atoms with Crippen molar-refractivity contribution < 1.29 is 5.11 Å². The normalized spacial score (nSPS) is 13.2. The van der Waals surface area contributed by atoms with Gasteiger partial charge in [-0.3, -0.25) is 0 Å². The number of rotatable bonds is 5. The first-order chi connectivity index (χ1) is 5.86. The lowest BCUT2D eigenvalue weighted by Gasteiger charge is -2.09. The van der Waals surface area contributed by atoms with Crippen molar-refractivity contribution in [2.24, 2.45) is 5.92 Å². The zero-order valence-corrected chi connectivity index (χ0v) is 8.18. The Kier molecular flexibility index (Phi) is 4.25. The summed E-state index contributed by atoms with van der Waals surface area (Å²) in [6.45, 7) is 2.43. The quantitative estimate of drug-likeness (QED) is 0.762. The van der Waals surface area contributed by atoms with Gasteiger partial charge in [0.05, 0.1) is 5.01 Å². The van der Waals surface area contributed by atoms with Crippen molar-refractivity contribution in [2.45, 2.75) is 26.2 Å². The lowest BCUT2D eigenvalue weighted by atomic mass is 10.0. The molecule has 1 aromatic heterocycles. The van der Waals surface area contributed by atoms with Crippen molar-refractivity contribution in [3.8, 4) is 0 Å². The molecule has 1 aromatic rings. The fourth-order valence-electron chi connectivity index (χ4n) is 1.27. The smallest absolute Gasteiger partial charge is 0.0928 e. The number of aliphatic hydroxyl groups is 1. The van der Waals surface area contributed by atoms with E-state index in [-0.39, 0.29) is 6.61 Å². The van der Waals surface area contributed by atoms with Crippen LogP contribution in [-0.4, -0.2) is 16.7 Å². The monoisotopic (exact) mass is 185 g/mol. The zero-order valence-electron chi connectivity index (χ0n) is 7.36. The van der Waals surface area contributed by atoms with Crippen molar-refractivity contribution in [1.82, 2.24) is 4.98 Å². The second kappa shape index (κ2) is 5.27. The van der Waals surface area contributed by atoms with Gasteiger partial charge in [-0.05, 0) is 12.3 Å². The second-order valence-electron chi connectivity index (χ2n) is 2.97. The van der Waals surface area contributed by atoms with Crippen molar-refractivity contribution in [2.75, 3.05) is 6.61 Å². The molecule has 12 heavy (non-hydrogen) atoms. The predicted octanol–water partition coefficient (Wildman–Crippen LogP) is 2.09. The van der Waals surface area contributed by atoms with E-state index >= 15 is 0 Å². The summed E-state index contributed by atoms with van der Waals surface area (Å²) in [5.41, 5.74) is 0.